The van der Waals surface area contributed by atoms with Crippen molar-refractivity contribution in [2.75, 3.05) is 13.1 Å². The van der Waals surface area contributed by atoms with E-state index >= 15 is 0 Å². The van der Waals surface area contributed by atoms with Gasteiger partial charge in [0.25, 0.3) is 0 Å². The Morgan fingerprint density at radius 2 is 1.96 bits per heavy atom. The molecule has 3 rings (SSSR count). The van der Waals surface area contributed by atoms with Crippen LogP contribution in [-0.4, -0.2) is 35.2 Å². The van der Waals surface area contributed by atoms with E-state index < -0.39 is 0 Å². The lowest BCUT2D eigenvalue weighted by atomic mass is 9.93. The third-order valence-corrected chi connectivity index (χ3v) is 5.74. The topological polar surface area (TPSA) is 52.6 Å². The van der Waals surface area contributed by atoms with Crippen LogP contribution in [0.1, 0.15) is 57.1 Å². The van der Waals surface area contributed by atoms with E-state index in [1.54, 1.807) is 0 Å². The molecule has 0 spiro atoms. The van der Waals surface area contributed by atoms with Crippen LogP contribution in [-0.2, 0) is 0 Å². The molecule has 4 heteroatoms. The number of hydrogen-bond acceptors (Lipinski definition) is 2. The number of nitrogens with one attached hydrogen (secondary N) is 1. The molecule has 0 aromatic heterocycles. The highest BCUT2D eigenvalue weighted by Gasteiger charge is 2.31. The molecule has 2 aliphatic rings. The van der Waals surface area contributed by atoms with Gasteiger partial charge < -0.3 is 15.3 Å². The van der Waals surface area contributed by atoms with Gasteiger partial charge in [0.2, 0.25) is 0 Å². The summed E-state index contributed by atoms with van der Waals surface area (Å²) in [6.07, 6.45) is 6.80. The van der Waals surface area contributed by atoms with E-state index in [-0.39, 0.29) is 24.1 Å². The van der Waals surface area contributed by atoms with Crippen LogP contribution in [0.25, 0.3) is 0 Å². The molecule has 0 unspecified atom stereocenters. The second-order valence-electron chi connectivity index (χ2n) is 7.53. The largest absolute Gasteiger partial charge is 0.393 e. The quantitative estimate of drug-likeness (QED) is 0.864. The van der Waals surface area contributed by atoms with Crippen molar-refractivity contribution >= 4 is 6.03 Å². The maximum atomic E-state index is 12.7. The summed E-state index contributed by atoms with van der Waals surface area (Å²) in [6.45, 7) is 3.22. The molecule has 1 heterocycles. The maximum Gasteiger partial charge on any atom is 0.317 e. The third kappa shape index (κ3) is 4.29. The minimum Gasteiger partial charge on any atom is -0.393 e. The summed E-state index contributed by atoms with van der Waals surface area (Å²) >= 11 is 0. The zero-order chi connectivity index (χ0) is 16.9. The smallest absolute Gasteiger partial charge is 0.317 e. The van der Waals surface area contributed by atoms with Gasteiger partial charge in [0.15, 0.2) is 0 Å². The van der Waals surface area contributed by atoms with E-state index in [0.29, 0.717) is 6.54 Å². The van der Waals surface area contributed by atoms with Gasteiger partial charge in [0.1, 0.15) is 0 Å². The molecule has 1 aromatic carbocycles. The van der Waals surface area contributed by atoms with Crippen molar-refractivity contribution in [1.82, 2.24) is 10.2 Å². The van der Waals surface area contributed by atoms with Crippen molar-refractivity contribution in [3.8, 4) is 0 Å². The number of amides is 2. The standard InChI is InChI=1S/C20H30N2O2/c1-15(23)18-11-12-22(14-18)20(24)21-19(13-16-7-5-6-8-16)17-9-3-2-4-10-17/h2-4,9-10,15-16,18-19,23H,5-8,11-14H2,1H3,(H,21,24)/t15-,18-,19+/m0/s1. The molecule has 1 saturated heterocycles. The number of benzene rings is 1. The van der Waals surface area contributed by atoms with Crippen molar-refractivity contribution in [3.05, 3.63) is 35.9 Å². The van der Waals surface area contributed by atoms with Crippen molar-refractivity contribution < 1.29 is 9.90 Å². The van der Waals surface area contributed by atoms with Gasteiger partial charge in [0.05, 0.1) is 12.1 Å². The first-order chi connectivity index (χ1) is 11.6. The Morgan fingerprint density at radius 1 is 1.25 bits per heavy atom. The molecular formula is C20H30N2O2. The Morgan fingerprint density at radius 3 is 2.58 bits per heavy atom. The van der Waals surface area contributed by atoms with Gasteiger partial charge in [-0.05, 0) is 31.2 Å². The van der Waals surface area contributed by atoms with Crippen LogP contribution in [0.15, 0.2) is 30.3 Å². The second kappa shape index (κ2) is 8.02. The number of aliphatic hydroxyl groups is 1. The van der Waals surface area contributed by atoms with Crippen LogP contribution < -0.4 is 5.32 Å². The van der Waals surface area contributed by atoms with Gasteiger partial charge in [-0.15, -0.1) is 0 Å². The van der Waals surface area contributed by atoms with Gasteiger partial charge in [0, 0.05) is 19.0 Å². The summed E-state index contributed by atoms with van der Waals surface area (Å²) in [7, 11) is 0. The summed E-state index contributed by atoms with van der Waals surface area (Å²) in [5, 5.41) is 13.0. The summed E-state index contributed by atoms with van der Waals surface area (Å²) in [4.78, 5) is 14.6. The SMILES string of the molecule is C[C@H](O)[C@H]1CCN(C(=O)N[C@H](CC2CCCC2)c2ccccc2)C1. The van der Waals surface area contributed by atoms with E-state index in [9.17, 15) is 9.90 Å². The molecule has 1 saturated carbocycles. The summed E-state index contributed by atoms with van der Waals surface area (Å²) in [6, 6.07) is 10.4. The van der Waals surface area contributed by atoms with Crippen LogP contribution in [0, 0.1) is 11.8 Å². The fraction of sp³-hybridized carbons (Fsp3) is 0.650. The lowest BCUT2D eigenvalue weighted by Gasteiger charge is -2.26. The molecular weight excluding hydrogens is 300 g/mol. The number of carbonyl (C=O) groups is 1. The van der Waals surface area contributed by atoms with Crippen LogP contribution in [0.5, 0.6) is 0 Å². The number of likely N-dealkylation sites (tertiary alicyclic amines) is 1. The predicted octanol–water partition coefficient (Wildman–Crippen LogP) is 3.72. The first kappa shape index (κ1) is 17.3. The summed E-state index contributed by atoms with van der Waals surface area (Å²) in [5.41, 5.74) is 1.20. The lowest BCUT2D eigenvalue weighted by Crippen LogP contribution is -2.41. The minimum absolute atomic E-state index is 0.0185. The molecule has 1 aromatic rings. The number of urea groups is 1. The lowest BCUT2D eigenvalue weighted by molar-refractivity contribution is 0.129. The fourth-order valence-electron chi connectivity index (χ4n) is 4.15. The highest BCUT2D eigenvalue weighted by Crippen LogP contribution is 2.33. The van der Waals surface area contributed by atoms with Crippen LogP contribution >= 0.6 is 0 Å². The van der Waals surface area contributed by atoms with Gasteiger partial charge in [-0.25, -0.2) is 4.79 Å². The average molecular weight is 330 g/mol. The Bertz CT molecular complexity index is 526. The number of rotatable bonds is 5. The average Bonchev–Trinajstić information content (AvgIpc) is 3.26. The molecule has 3 atom stereocenters. The van der Waals surface area contributed by atoms with Crippen LogP contribution in [0.3, 0.4) is 0 Å². The van der Waals surface area contributed by atoms with Crippen LogP contribution in [0.2, 0.25) is 0 Å². The number of hydrogen-bond donors (Lipinski definition) is 2. The summed E-state index contributed by atoms with van der Waals surface area (Å²) < 4.78 is 0. The van der Waals surface area contributed by atoms with Gasteiger partial charge in [-0.2, -0.15) is 0 Å². The molecule has 0 bridgehead atoms. The molecule has 2 N–H and O–H groups in total. The van der Waals surface area contributed by atoms with Crippen molar-refractivity contribution in [2.45, 2.75) is 57.6 Å². The van der Waals surface area contributed by atoms with E-state index in [4.69, 9.17) is 0 Å². The molecule has 2 amide bonds. The van der Waals surface area contributed by atoms with Gasteiger partial charge in [-0.1, -0.05) is 56.0 Å². The van der Waals surface area contributed by atoms with Crippen LogP contribution in [0.4, 0.5) is 4.79 Å². The van der Waals surface area contributed by atoms with Crippen molar-refractivity contribution in [1.29, 1.82) is 0 Å². The van der Waals surface area contributed by atoms with E-state index in [0.717, 1.165) is 25.3 Å². The number of nitrogens with zero attached hydrogens (tertiary/aromatic N) is 1. The Kier molecular flexibility index (Phi) is 5.77. The normalized spacial score (nSPS) is 24.1. The number of aliphatic hydroxyl groups excluding tert-OH is 1. The summed E-state index contributed by atoms with van der Waals surface area (Å²) in [5.74, 6) is 0.931. The molecule has 2 fully saturated rings. The first-order valence-electron chi connectivity index (χ1n) is 9.42. The third-order valence-electron chi connectivity index (χ3n) is 5.74. The minimum atomic E-state index is -0.341. The Labute approximate surface area is 145 Å². The molecule has 4 nitrogen and oxygen atoms in total. The predicted molar refractivity (Wildman–Crippen MR) is 95.7 cm³/mol. The molecule has 0 radical (unpaired) electrons. The van der Waals surface area contributed by atoms with Gasteiger partial charge >= 0.3 is 6.03 Å². The van der Waals surface area contributed by atoms with E-state index in [1.165, 1.54) is 31.2 Å². The van der Waals surface area contributed by atoms with E-state index in [1.807, 2.05) is 30.0 Å². The highest BCUT2D eigenvalue weighted by molar-refractivity contribution is 5.75. The van der Waals surface area contributed by atoms with Gasteiger partial charge in [-0.3, -0.25) is 0 Å². The highest BCUT2D eigenvalue weighted by atomic mass is 16.3. The number of carbonyl (C=O) groups excluding carboxylic acids is 1. The molecule has 1 aliphatic heterocycles. The zero-order valence-electron chi connectivity index (χ0n) is 14.7. The molecule has 24 heavy (non-hydrogen) atoms. The fourth-order valence-corrected chi connectivity index (χ4v) is 4.15. The maximum absolute atomic E-state index is 12.7. The molecule has 132 valence electrons. The zero-order valence-corrected chi connectivity index (χ0v) is 14.7. The monoisotopic (exact) mass is 330 g/mol. The Balaban J connectivity index is 1.64. The van der Waals surface area contributed by atoms with E-state index in [2.05, 4.69) is 17.4 Å². The van der Waals surface area contributed by atoms with Crippen molar-refractivity contribution in [3.63, 3.8) is 0 Å². The Hall–Kier alpha value is -1.55. The molecule has 1 aliphatic carbocycles. The second-order valence-corrected chi connectivity index (χ2v) is 7.53. The van der Waals surface area contributed by atoms with Crippen molar-refractivity contribution in [2.24, 2.45) is 11.8 Å². The first-order valence-corrected chi connectivity index (χ1v) is 9.42.